The van der Waals surface area contributed by atoms with Gasteiger partial charge >= 0.3 is 0 Å². The highest BCUT2D eigenvalue weighted by Gasteiger charge is 2.18. The minimum atomic E-state index is -0.649. The lowest BCUT2D eigenvalue weighted by atomic mass is 10.2. The summed E-state index contributed by atoms with van der Waals surface area (Å²) in [5.74, 6) is -0.204. The van der Waals surface area contributed by atoms with E-state index in [-0.39, 0.29) is 22.8 Å². The number of anilines is 1. The first kappa shape index (κ1) is 18.6. The van der Waals surface area contributed by atoms with Gasteiger partial charge in [0.2, 0.25) is 0 Å². The van der Waals surface area contributed by atoms with Crippen molar-refractivity contribution in [3.05, 3.63) is 62.7 Å². The van der Waals surface area contributed by atoms with Gasteiger partial charge < -0.3 is 14.8 Å². The van der Waals surface area contributed by atoms with Gasteiger partial charge in [0.25, 0.3) is 17.3 Å². The number of hydrogen-bond donors (Lipinski definition) is 1. The van der Waals surface area contributed by atoms with E-state index in [1.165, 1.54) is 42.5 Å². The first-order valence-electron chi connectivity index (χ1n) is 7.49. The number of amides is 1. The van der Waals surface area contributed by atoms with Crippen LogP contribution in [-0.2, 0) is 4.79 Å². The molecule has 0 saturated carbocycles. The summed E-state index contributed by atoms with van der Waals surface area (Å²) in [6.07, 6.45) is 0. The lowest BCUT2D eigenvalue weighted by Gasteiger charge is -2.09. The molecule has 10 heteroatoms. The van der Waals surface area contributed by atoms with E-state index >= 15 is 0 Å². The zero-order valence-corrected chi connectivity index (χ0v) is 13.7. The third-order valence-corrected chi connectivity index (χ3v) is 3.15. The molecule has 0 aromatic heterocycles. The Morgan fingerprint density at radius 1 is 1.04 bits per heavy atom. The van der Waals surface area contributed by atoms with E-state index in [9.17, 15) is 25.0 Å². The minimum Gasteiger partial charge on any atom is -0.494 e. The van der Waals surface area contributed by atoms with Crippen LogP contribution in [0.1, 0.15) is 6.92 Å². The number of nitro benzene ring substituents is 2. The summed E-state index contributed by atoms with van der Waals surface area (Å²) in [5.41, 5.74) is -0.504. The Labute approximate surface area is 147 Å². The molecule has 0 aliphatic heterocycles. The molecule has 26 heavy (non-hydrogen) atoms. The maximum atomic E-state index is 12.0. The van der Waals surface area contributed by atoms with E-state index in [2.05, 4.69) is 5.32 Å². The Kier molecular flexibility index (Phi) is 6.04. The molecule has 0 aliphatic carbocycles. The van der Waals surface area contributed by atoms with Gasteiger partial charge in [0.05, 0.1) is 28.6 Å². The van der Waals surface area contributed by atoms with E-state index < -0.39 is 22.4 Å². The van der Waals surface area contributed by atoms with Crippen LogP contribution in [0.3, 0.4) is 0 Å². The molecule has 0 atom stereocenters. The van der Waals surface area contributed by atoms with E-state index in [0.29, 0.717) is 12.4 Å². The molecule has 2 aromatic rings. The molecule has 2 rings (SSSR count). The Morgan fingerprint density at radius 3 is 2.42 bits per heavy atom. The standard InChI is InChI=1S/C16H15N3O7/c1-2-25-13-6-7-14(15(9-13)19(23)24)17-16(20)10-26-12-5-3-4-11(8-12)18(21)22/h3-9H,2,10H2,1H3,(H,17,20). The van der Waals surface area contributed by atoms with E-state index in [4.69, 9.17) is 9.47 Å². The maximum absolute atomic E-state index is 12.0. The van der Waals surface area contributed by atoms with Crippen molar-refractivity contribution in [1.82, 2.24) is 0 Å². The van der Waals surface area contributed by atoms with Crippen molar-refractivity contribution in [2.75, 3.05) is 18.5 Å². The van der Waals surface area contributed by atoms with Crippen molar-refractivity contribution >= 4 is 23.0 Å². The van der Waals surface area contributed by atoms with Gasteiger partial charge in [0.15, 0.2) is 6.61 Å². The number of hydrogen-bond acceptors (Lipinski definition) is 7. The number of carbonyl (C=O) groups excluding carboxylic acids is 1. The summed E-state index contributed by atoms with van der Waals surface area (Å²) in [6.45, 7) is 1.62. The molecule has 10 nitrogen and oxygen atoms in total. The van der Waals surface area contributed by atoms with Crippen LogP contribution in [0.25, 0.3) is 0 Å². The summed E-state index contributed by atoms with van der Waals surface area (Å²) in [6, 6.07) is 9.40. The number of non-ortho nitro benzene ring substituents is 1. The van der Waals surface area contributed by atoms with Gasteiger partial charge in [0, 0.05) is 6.07 Å². The van der Waals surface area contributed by atoms with Crippen LogP contribution in [0.5, 0.6) is 11.5 Å². The van der Waals surface area contributed by atoms with E-state index in [1.54, 1.807) is 6.92 Å². The quantitative estimate of drug-likeness (QED) is 0.564. The number of benzene rings is 2. The van der Waals surface area contributed by atoms with Gasteiger partial charge in [-0.05, 0) is 25.1 Å². The number of nitrogens with one attached hydrogen (secondary N) is 1. The average molecular weight is 361 g/mol. The van der Waals surface area contributed by atoms with Crippen LogP contribution in [-0.4, -0.2) is 29.0 Å². The van der Waals surface area contributed by atoms with Crippen molar-refractivity contribution in [2.24, 2.45) is 0 Å². The largest absolute Gasteiger partial charge is 0.494 e. The van der Waals surface area contributed by atoms with Crippen LogP contribution in [0.15, 0.2) is 42.5 Å². The summed E-state index contributed by atoms with van der Waals surface area (Å²) < 4.78 is 10.4. The lowest BCUT2D eigenvalue weighted by molar-refractivity contribution is -0.385. The molecule has 0 unspecified atom stereocenters. The summed E-state index contributed by atoms with van der Waals surface area (Å²) in [4.78, 5) is 32.6. The highest BCUT2D eigenvalue weighted by Crippen LogP contribution is 2.29. The van der Waals surface area contributed by atoms with Crippen LogP contribution in [0.2, 0.25) is 0 Å². The molecular formula is C16H15N3O7. The van der Waals surface area contributed by atoms with E-state index in [1.807, 2.05) is 0 Å². The molecule has 0 bridgehead atoms. The van der Waals surface area contributed by atoms with Crippen LogP contribution < -0.4 is 14.8 Å². The fourth-order valence-corrected chi connectivity index (χ4v) is 2.05. The van der Waals surface area contributed by atoms with Crippen LogP contribution in [0.4, 0.5) is 17.1 Å². The highest BCUT2D eigenvalue weighted by molar-refractivity contribution is 5.94. The van der Waals surface area contributed by atoms with Crippen LogP contribution in [0, 0.1) is 20.2 Å². The van der Waals surface area contributed by atoms with Gasteiger partial charge in [-0.2, -0.15) is 0 Å². The van der Waals surface area contributed by atoms with Gasteiger partial charge in [-0.15, -0.1) is 0 Å². The second-order valence-electron chi connectivity index (χ2n) is 4.96. The second kappa shape index (κ2) is 8.42. The molecule has 136 valence electrons. The number of ether oxygens (including phenoxy) is 2. The normalized spacial score (nSPS) is 10.0. The molecule has 0 heterocycles. The molecule has 0 fully saturated rings. The zero-order chi connectivity index (χ0) is 19.1. The first-order chi connectivity index (χ1) is 12.4. The predicted octanol–water partition coefficient (Wildman–Crippen LogP) is 2.92. The molecular weight excluding hydrogens is 346 g/mol. The van der Waals surface area contributed by atoms with Gasteiger partial charge in [-0.25, -0.2) is 0 Å². The van der Waals surface area contributed by atoms with Crippen molar-refractivity contribution < 1.29 is 24.1 Å². The summed E-state index contributed by atoms with van der Waals surface area (Å²) in [5, 5.41) is 24.2. The fourth-order valence-electron chi connectivity index (χ4n) is 2.05. The van der Waals surface area contributed by atoms with Crippen molar-refractivity contribution in [2.45, 2.75) is 6.92 Å². The third-order valence-electron chi connectivity index (χ3n) is 3.15. The molecule has 2 aromatic carbocycles. The third kappa shape index (κ3) is 4.90. The maximum Gasteiger partial charge on any atom is 0.296 e. The Hall–Kier alpha value is -3.69. The molecule has 1 amide bonds. The highest BCUT2D eigenvalue weighted by atomic mass is 16.6. The molecule has 0 saturated heterocycles. The number of nitrogens with zero attached hydrogens (tertiary/aromatic N) is 2. The van der Waals surface area contributed by atoms with Gasteiger partial charge in [-0.1, -0.05) is 6.07 Å². The lowest BCUT2D eigenvalue weighted by Crippen LogP contribution is -2.20. The molecule has 1 N–H and O–H groups in total. The van der Waals surface area contributed by atoms with Crippen molar-refractivity contribution in [3.63, 3.8) is 0 Å². The smallest absolute Gasteiger partial charge is 0.296 e. The first-order valence-corrected chi connectivity index (χ1v) is 7.49. The Balaban J connectivity index is 2.04. The van der Waals surface area contributed by atoms with Gasteiger partial charge in [0.1, 0.15) is 17.2 Å². The summed E-state index contributed by atoms with van der Waals surface area (Å²) in [7, 11) is 0. The summed E-state index contributed by atoms with van der Waals surface area (Å²) >= 11 is 0. The SMILES string of the molecule is CCOc1ccc(NC(=O)COc2cccc([N+](=O)[O-])c2)c([N+](=O)[O-])c1. The Bertz CT molecular complexity index is 838. The number of rotatable bonds is 8. The molecule has 0 radical (unpaired) electrons. The Morgan fingerprint density at radius 2 is 1.77 bits per heavy atom. The zero-order valence-electron chi connectivity index (χ0n) is 13.7. The van der Waals surface area contributed by atoms with Gasteiger partial charge in [-0.3, -0.25) is 25.0 Å². The predicted molar refractivity (Wildman–Crippen MR) is 91.5 cm³/mol. The minimum absolute atomic E-state index is 0.00825. The van der Waals surface area contributed by atoms with Crippen LogP contribution >= 0.6 is 0 Å². The average Bonchev–Trinajstić information content (AvgIpc) is 2.61. The monoisotopic (exact) mass is 361 g/mol. The molecule has 0 aliphatic rings. The second-order valence-corrected chi connectivity index (χ2v) is 4.96. The fraction of sp³-hybridized carbons (Fsp3) is 0.188. The van der Waals surface area contributed by atoms with E-state index in [0.717, 1.165) is 0 Å². The number of carbonyl (C=O) groups is 1. The van der Waals surface area contributed by atoms with Crippen molar-refractivity contribution in [1.29, 1.82) is 0 Å². The van der Waals surface area contributed by atoms with Crippen molar-refractivity contribution in [3.8, 4) is 11.5 Å². The topological polar surface area (TPSA) is 134 Å². The number of nitro groups is 2. The molecule has 0 spiro atoms.